The van der Waals surface area contributed by atoms with Crippen LogP contribution in [0.1, 0.15) is 37.6 Å². The fraction of sp³-hybridized carbons (Fsp3) is 0. The van der Waals surface area contributed by atoms with Gasteiger partial charge in [-0.1, -0.05) is 41.9 Å². The molecule has 0 unspecified atom stereocenters. The first kappa shape index (κ1) is 19.0. The lowest BCUT2D eigenvalue weighted by Gasteiger charge is -2.17. The Morgan fingerprint density at radius 3 is 2.29 bits per heavy atom. The third-order valence-corrected chi connectivity index (χ3v) is 5.34. The number of ketones is 2. The Morgan fingerprint density at radius 2 is 1.52 bits per heavy atom. The van der Waals surface area contributed by atoms with Gasteiger partial charge in [0, 0.05) is 32.8 Å². The highest BCUT2D eigenvalue weighted by Gasteiger charge is 2.29. The number of rotatable bonds is 3. The van der Waals surface area contributed by atoms with Crippen LogP contribution in [0.15, 0.2) is 82.2 Å². The maximum absolute atomic E-state index is 12.9. The SMILES string of the molecule is O=C1c2ccccc2C(=O)c2cc(-c3ccc(C=Nc4cc(Cl)ccc4O)o3)ccc21. The van der Waals surface area contributed by atoms with Crippen molar-refractivity contribution in [2.24, 2.45) is 4.99 Å². The van der Waals surface area contributed by atoms with E-state index in [-0.39, 0.29) is 17.3 Å². The van der Waals surface area contributed by atoms with E-state index in [4.69, 9.17) is 16.0 Å². The van der Waals surface area contributed by atoms with E-state index in [0.717, 1.165) is 0 Å². The average molecular weight is 428 g/mol. The second-order valence-electron chi connectivity index (χ2n) is 7.06. The predicted octanol–water partition coefficient (Wildman–Crippen LogP) is 5.83. The number of phenolic OH excluding ortho intramolecular Hbond substituents is 1. The largest absolute Gasteiger partial charge is 0.506 e. The van der Waals surface area contributed by atoms with Gasteiger partial charge in [-0.25, -0.2) is 4.99 Å². The van der Waals surface area contributed by atoms with Crippen molar-refractivity contribution in [3.63, 3.8) is 0 Å². The fourth-order valence-corrected chi connectivity index (χ4v) is 3.73. The highest BCUT2D eigenvalue weighted by Crippen LogP contribution is 2.32. The molecule has 0 saturated heterocycles. The van der Waals surface area contributed by atoms with Gasteiger partial charge in [0.1, 0.15) is 23.0 Å². The molecule has 6 heteroatoms. The van der Waals surface area contributed by atoms with Gasteiger partial charge in [-0.15, -0.1) is 0 Å². The fourth-order valence-electron chi connectivity index (χ4n) is 3.56. The standard InChI is InChI=1S/C25H14ClNO4/c26-15-6-9-22(28)21(12-15)27-13-16-7-10-23(31-16)14-5-8-19-20(11-14)25(30)18-4-2-1-3-17(18)24(19)29/h1-13,28H. The number of benzene rings is 3. The van der Waals surface area contributed by atoms with Crippen LogP contribution < -0.4 is 0 Å². The van der Waals surface area contributed by atoms with Gasteiger partial charge in [0.25, 0.3) is 0 Å². The van der Waals surface area contributed by atoms with Crippen LogP contribution in [-0.4, -0.2) is 22.9 Å². The van der Waals surface area contributed by atoms with Gasteiger partial charge in [-0.3, -0.25) is 9.59 Å². The molecule has 5 rings (SSSR count). The van der Waals surface area contributed by atoms with Gasteiger partial charge < -0.3 is 9.52 Å². The summed E-state index contributed by atoms with van der Waals surface area (Å²) in [5.74, 6) is 0.645. The van der Waals surface area contributed by atoms with Crippen molar-refractivity contribution in [2.75, 3.05) is 0 Å². The lowest BCUT2D eigenvalue weighted by molar-refractivity contribution is 0.0979. The Labute approximate surface area is 182 Å². The quantitative estimate of drug-likeness (QED) is 0.367. The number of nitrogens with zero attached hydrogens (tertiary/aromatic N) is 1. The highest BCUT2D eigenvalue weighted by molar-refractivity contribution is 6.31. The van der Waals surface area contributed by atoms with E-state index in [1.807, 2.05) is 0 Å². The van der Waals surface area contributed by atoms with Crippen LogP contribution in [-0.2, 0) is 0 Å². The van der Waals surface area contributed by atoms with E-state index >= 15 is 0 Å². The Bertz CT molecular complexity index is 1400. The summed E-state index contributed by atoms with van der Waals surface area (Å²) >= 11 is 5.93. The molecular weight excluding hydrogens is 414 g/mol. The third kappa shape index (κ3) is 3.35. The molecule has 0 atom stereocenters. The Kier molecular flexibility index (Phi) is 4.53. The summed E-state index contributed by atoms with van der Waals surface area (Å²) in [7, 11) is 0. The minimum absolute atomic E-state index is 0.00516. The second kappa shape index (κ2) is 7.38. The number of hydrogen-bond acceptors (Lipinski definition) is 5. The number of phenols is 1. The van der Waals surface area contributed by atoms with E-state index in [9.17, 15) is 14.7 Å². The lowest BCUT2D eigenvalue weighted by atomic mass is 9.83. The predicted molar refractivity (Wildman–Crippen MR) is 118 cm³/mol. The van der Waals surface area contributed by atoms with Crippen LogP contribution in [0.2, 0.25) is 5.02 Å². The molecule has 0 bridgehead atoms. The van der Waals surface area contributed by atoms with Gasteiger partial charge in [-0.05, 0) is 42.5 Å². The van der Waals surface area contributed by atoms with E-state index < -0.39 is 0 Å². The average Bonchev–Trinajstić information content (AvgIpc) is 3.27. The van der Waals surface area contributed by atoms with E-state index in [1.165, 1.54) is 12.3 Å². The molecule has 0 aliphatic heterocycles. The van der Waals surface area contributed by atoms with E-state index in [1.54, 1.807) is 66.7 Å². The first-order valence-electron chi connectivity index (χ1n) is 9.46. The lowest BCUT2D eigenvalue weighted by Crippen LogP contribution is -2.20. The van der Waals surface area contributed by atoms with E-state index in [2.05, 4.69) is 4.99 Å². The number of furan rings is 1. The Hall–Kier alpha value is -3.96. The minimum atomic E-state index is -0.183. The molecule has 3 aromatic carbocycles. The molecule has 0 spiro atoms. The van der Waals surface area contributed by atoms with Gasteiger partial charge in [-0.2, -0.15) is 0 Å². The minimum Gasteiger partial charge on any atom is -0.506 e. The van der Waals surface area contributed by atoms with Crippen LogP contribution in [0.3, 0.4) is 0 Å². The summed E-state index contributed by atoms with van der Waals surface area (Å²) in [5, 5.41) is 10.3. The number of hydrogen-bond donors (Lipinski definition) is 1. The van der Waals surface area contributed by atoms with Crippen molar-refractivity contribution in [2.45, 2.75) is 0 Å². The van der Waals surface area contributed by atoms with Crippen LogP contribution in [0.5, 0.6) is 5.75 Å². The van der Waals surface area contributed by atoms with Gasteiger partial charge >= 0.3 is 0 Å². The summed E-state index contributed by atoms with van der Waals surface area (Å²) in [5.41, 5.74) is 2.57. The number of halogens is 1. The third-order valence-electron chi connectivity index (χ3n) is 5.10. The molecular formula is C25H14ClNO4. The molecule has 1 aliphatic carbocycles. The maximum Gasteiger partial charge on any atom is 0.194 e. The summed E-state index contributed by atoms with van der Waals surface area (Å²) in [6.45, 7) is 0. The van der Waals surface area contributed by atoms with Gasteiger partial charge in [0.05, 0.1) is 6.21 Å². The molecule has 31 heavy (non-hydrogen) atoms. The number of carbonyl (C=O) groups excluding carboxylic acids is 2. The highest BCUT2D eigenvalue weighted by atomic mass is 35.5. The van der Waals surface area contributed by atoms with Crippen molar-refractivity contribution in [1.29, 1.82) is 0 Å². The maximum atomic E-state index is 12.9. The first-order valence-corrected chi connectivity index (χ1v) is 9.84. The van der Waals surface area contributed by atoms with Crippen molar-refractivity contribution in [3.05, 3.63) is 106 Å². The second-order valence-corrected chi connectivity index (χ2v) is 7.49. The van der Waals surface area contributed by atoms with Crippen LogP contribution in [0, 0.1) is 0 Å². The number of aromatic hydroxyl groups is 1. The molecule has 5 nitrogen and oxygen atoms in total. The summed E-state index contributed by atoms with van der Waals surface area (Å²) in [6, 6.07) is 20.0. The molecule has 1 N–H and O–H groups in total. The normalized spacial score (nSPS) is 12.8. The van der Waals surface area contributed by atoms with Crippen molar-refractivity contribution in [1.82, 2.24) is 0 Å². The van der Waals surface area contributed by atoms with Gasteiger partial charge in [0.15, 0.2) is 11.6 Å². The Morgan fingerprint density at radius 1 is 0.806 bits per heavy atom. The smallest absolute Gasteiger partial charge is 0.194 e. The zero-order valence-corrected chi connectivity index (χ0v) is 16.8. The topological polar surface area (TPSA) is 79.9 Å². The molecule has 1 heterocycles. The molecule has 150 valence electrons. The first-order chi connectivity index (χ1) is 15.0. The summed E-state index contributed by atoms with van der Waals surface area (Å²) in [4.78, 5) is 29.9. The molecule has 0 saturated carbocycles. The van der Waals surface area contributed by atoms with Crippen LogP contribution >= 0.6 is 11.6 Å². The molecule has 0 radical (unpaired) electrons. The van der Waals surface area contributed by atoms with Crippen LogP contribution in [0.25, 0.3) is 11.3 Å². The molecule has 4 aromatic rings. The number of carbonyl (C=O) groups is 2. The van der Waals surface area contributed by atoms with Crippen molar-refractivity contribution >= 4 is 35.1 Å². The molecule has 0 fully saturated rings. The molecule has 1 aromatic heterocycles. The summed E-state index contributed by atoms with van der Waals surface area (Å²) in [6.07, 6.45) is 1.47. The zero-order chi connectivity index (χ0) is 21.5. The molecule has 0 amide bonds. The van der Waals surface area contributed by atoms with E-state index in [0.29, 0.717) is 50.0 Å². The van der Waals surface area contributed by atoms with Crippen molar-refractivity contribution < 1.29 is 19.1 Å². The monoisotopic (exact) mass is 427 g/mol. The van der Waals surface area contributed by atoms with Gasteiger partial charge in [0.2, 0.25) is 0 Å². The summed E-state index contributed by atoms with van der Waals surface area (Å²) < 4.78 is 5.82. The Balaban J connectivity index is 1.47. The molecule has 1 aliphatic rings. The number of aliphatic imine (C=N–C) groups is 1. The number of fused-ring (bicyclic) bond motifs is 2. The zero-order valence-electron chi connectivity index (χ0n) is 16.0. The van der Waals surface area contributed by atoms with Crippen molar-refractivity contribution in [3.8, 4) is 17.1 Å². The van der Waals surface area contributed by atoms with Crippen LogP contribution in [0.4, 0.5) is 5.69 Å².